The van der Waals surface area contributed by atoms with Crippen LogP contribution in [-0.2, 0) is 6.42 Å². The summed E-state index contributed by atoms with van der Waals surface area (Å²) in [6.45, 7) is 0.0173. The van der Waals surface area contributed by atoms with Gasteiger partial charge in [-0.15, -0.1) is 11.8 Å². The van der Waals surface area contributed by atoms with E-state index < -0.39 is 18.8 Å². The van der Waals surface area contributed by atoms with Crippen LogP contribution in [0.3, 0.4) is 0 Å². The van der Waals surface area contributed by atoms with Gasteiger partial charge in [-0.25, -0.2) is 0 Å². The fourth-order valence-electron chi connectivity index (χ4n) is 1.86. The molecule has 0 saturated carbocycles. The van der Waals surface area contributed by atoms with E-state index >= 15 is 0 Å². The maximum Gasteiger partial charge on any atom is 0.415 e. The standard InChI is InChI=1S/C12H14F3NOS/c13-12(14,15)11(17)7-16-6-9-5-8-3-1-2-4-10(8)18-9/h1-4,9,11,16-17H,5-7H2. The lowest BCUT2D eigenvalue weighted by Crippen LogP contribution is -2.40. The van der Waals surface area contributed by atoms with E-state index in [1.54, 1.807) is 11.8 Å². The van der Waals surface area contributed by atoms with Crippen molar-refractivity contribution in [2.24, 2.45) is 0 Å². The van der Waals surface area contributed by atoms with Gasteiger partial charge in [0.05, 0.1) is 0 Å². The molecule has 1 heterocycles. The number of aliphatic hydroxyl groups is 1. The van der Waals surface area contributed by atoms with Gasteiger partial charge in [-0.05, 0) is 18.1 Å². The Morgan fingerprint density at radius 2 is 2.11 bits per heavy atom. The van der Waals surface area contributed by atoms with Gasteiger partial charge in [0.1, 0.15) is 0 Å². The fourth-order valence-corrected chi connectivity index (χ4v) is 3.15. The molecular formula is C12H14F3NOS. The Hall–Kier alpha value is -0.720. The van der Waals surface area contributed by atoms with Gasteiger partial charge in [0.25, 0.3) is 0 Å². The first-order chi connectivity index (χ1) is 8.47. The molecule has 0 bridgehead atoms. The normalized spacial score (nSPS) is 20.8. The number of rotatable bonds is 4. The van der Waals surface area contributed by atoms with E-state index in [0.717, 1.165) is 6.42 Å². The maximum absolute atomic E-state index is 12.1. The summed E-state index contributed by atoms with van der Waals surface area (Å²) < 4.78 is 36.2. The van der Waals surface area contributed by atoms with Crippen molar-refractivity contribution in [3.63, 3.8) is 0 Å². The maximum atomic E-state index is 12.1. The van der Waals surface area contributed by atoms with Crippen LogP contribution >= 0.6 is 11.8 Å². The van der Waals surface area contributed by atoms with Crippen molar-refractivity contribution in [2.45, 2.75) is 28.8 Å². The van der Waals surface area contributed by atoms with Gasteiger partial charge in [0.2, 0.25) is 0 Å². The first-order valence-corrected chi connectivity index (χ1v) is 6.55. The molecule has 1 aromatic carbocycles. The molecule has 2 N–H and O–H groups in total. The van der Waals surface area contributed by atoms with Crippen LogP contribution in [0, 0.1) is 0 Å². The van der Waals surface area contributed by atoms with Crippen LogP contribution in [0.15, 0.2) is 29.2 Å². The minimum atomic E-state index is -4.54. The number of halogens is 3. The van der Waals surface area contributed by atoms with Gasteiger partial charge in [-0.2, -0.15) is 13.2 Å². The van der Waals surface area contributed by atoms with Crippen molar-refractivity contribution in [1.82, 2.24) is 5.32 Å². The van der Waals surface area contributed by atoms with Crippen molar-refractivity contribution in [1.29, 1.82) is 0 Å². The summed E-state index contributed by atoms with van der Waals surface area (Å²) in [5.74, 6) is 0. The van der Waals surface area contributed by atoms with Gasteiger partial charge in [0, 0.05) is 23.2 Å². The molecule has 0 radical (unpaired) electrons. The third-order valence-corrected chi connectivity index (χ3v) is 4.12. The molecule has 0 aromatic heterocycles. The summed E-state index contributed by atoms with van der Waals surface area (Å²) in [4.78, 5) is 1.20. The molecule has 1 aliphatic rings. The van der Waals surface area contributed by atoms with Crippen molar-refractivity contribution in [2.75, 3.05) is 13.1 Å². The van der Waals surface area contributed by atoms with Crippen LogP contribution in [0.4, 0.5) is 13.2 Å². The number of alkyl halides is 3. The molecule has 2 nitrogen and oxygen atoms in total. The molecule has 6 heteroatoms. The van der Waals surface area contributed by atoms with Crippen LogP contribution in [-0.4, -0.2) is 35.7 Å². The average Bonchev–Trinajstić information content (AvgIpc) is 2.70. The molecule has 0 spiro atoms. The molecule has 100 valence electrons. The third kappa shape index (κ3) is 3.40. The minimum Gasteiger partial charge on any atom is -0.382 e. The highest BCUT2D eigenvalue weighted by Crippen LogP contribution is 2.36. The van der Waals surface area contributed by atoms with E-state index in [-0.39, 0.29) is 5.25 Å². The summed E-state index contributed by atoms with van der Waals surface area (Å²) in [6, 6.07) is 7.97. The third-order valence-electron chi connectivity index (χ3n) is 2.80. The Bertz CT molecular complexity index is 386. The second-order valence-corrected chi connectivity index (χ2v) is 5.61. The lowest BCUT2D eigenvalue weighted by atomic mass is 10.1. The highest BCUT2D eigenvalue weighted by molar-refractivity contribution is 8.00. The quantitative estimate of drug-likeness (QED) is 0.885. The van der Waals surface area contributed by atoms with Crippen LogP contribution < -0.4 is 5.32 Å². The van der Waals surface area contributed by atoms with E-state index in [4.69, 9.17) is 5.11 Å². The second-order valence-electron chi connectivity index (χ2n) is 4.27. The topological polar surface area (TPSA) is 32.3 Å². The smallest absolute Gasteiger partial charge is 0.382 e. The summed E-state index contributed by atoms with van der Waals surface area (Å²) in [5.41, 5.74) is 1.24. The van der Waals surface area contributed by atoms with Crippen molar-refractivity contribution >= 4 is 11.8 Å². The van der Waals surface area contributed by atoms with E-state index in [1.165, 1.54) is 10.5 Å². The molecule has 2 rings (SSSR count). The zero-order valence-corrected chi connectivity index (χ0v) is 10.4. The Kier molecular flexibility index (Phi) is 4.19. The Morgan fingerprint density at radius 1 is 1.39 bits per heavy atom. The molecule has 0 saturated heterocycles. The Balaban J connectivity index is 1.74. The number of hydrogen-bond acceptors (Lipinski definition) is 3. The summed E-state index contributed by atoms with van der Waals surface area (Å²) in [6.07, 6.45) is -5.97. The van der Waals surface area contributed by atoms with Gasteiger partial charge >= 0.3 is 6.18 Å². The number of aliphatic hydroxyl groups excluding tert-OH is 1. The molecule has 2 atom stereocenters. The molecule has 0 aliphatic carbocycles. The second kappa shape index (κ2) is 5.50. The van der Waals surface area contributed by atoms with Gasteiger partial charge < -0.3 is 10.4 Å². The summed E-state index contributed by atoms with van der Waals surface area (Å²) in [7, 11) is 0. The number of thioether (sulfide) groups is 1. The average molecular weight is 277 g/mol. The molecular weight excluding hydrogens is 263 g/mol. The van der Waals surface area contributed by atoms with Crippen LogP contribution in [0.2, 0.25) is 0 Å². The highest BCUT2D eigenvalue weighted by atomic mass is 32.2. The highest BCUT2D eigenvalue weighted by Gasteiger charge is 2.37. The number of nitrogens with one attached hydrogen (secondary N) is 1. The minimum absolute atomic E-state index is 0.239. The zero-order valence-electron chi connectivity index (χ0n) is 9.57. The molecule has 1 aliphatic heterocycles. The largest absolute Gasteiger partial charge is 0.415 e. The summed E-state index contributed by atoms with van der Waals surface area (Å²) in [5, 5.41) is 11.8. The van der Waals surface area contributed by atoms with Gasteiger partial charge in [0.15, 0.2) is 6.10 Å². The predicted octanol–water partition coefficient (Wildman–Crippen LogP) is 2.22. The van der Waals surface area contributed by atoms with Crippen LogP contribution in [0.5, 0.6) is 0 Å². The Morgan fingerprint density at radius 3 is 2.78 bits per heavy atom. The number of benzene rings is 1. The lowest BCUT2D eigenvalue weighted by molar-refractivity contribution is -0.201. The molecule has 1 aromatic rings. The van der Waals surface area contributed by atoms with Gasteiger partial charge in [-0.3, -0.25) is 0 Å². The number of fused-ring (bicyclic) bond motifs is 1. The van der Waals surface area contributed by atoms with E-state index in [9.17, 15) is 13.2 Å². The molecule has 2 unspecified atom stereocenters. The van der Waals surface area contributed by atoms with Crippen molar-refractivity contribution in [3.8, 4) is 0 Å². The van der Waals surface area contributed by atoms with Gasteiger partial charge in [-0.1, -0.05) is 18.2 Å². The first-order valence-electron chi connectivity index (χ1n) is 5.67. The van der Waals surface area contributed by atoms with Crippen molar-refractivity contribution in [3.05, 3.63) is 29.8 Å². The molecule has 18 heavy (non-hydrogen) atoms. The van der Waals surface area contributed by atoms with E-state index in [1.807, 2.05) is 24.3 Å². The van der Waals surface area contributed by atoms with Crippen LogP contribution in [0.1, 0.15) is 5.56 Å². The Labute approximate surface area is 108 Å². The molecule has 0 amide bonds. The van der Waals surface area contributed by atoms with Crippen molar-refractivity contribution < 1.29 is 18.3 Å². The molecule has 0 fully saturated rings. The first kappa shape index (κ1) is 13.7. The van der Waals surface area contributed by atoms with Crippen LogP contribution in [0.25, 0.3) is 0 Å². The van der Waals surface area contributed by atoms with E-state index in [0.29, 0.717) is 6.54 Å². The number of hydrogen-bond donors (Lipinski definition) is 2. The lowest BCUT2D eigenvalue weighted by Gasteiger charge is -2.16. The predicted molar refractivity (Wildman–Crippen MR) is 64.7 cm³/mol. The van der Waals surface area contributed by atoms with E-state index in [2.05, 4.69) is 5.32 Å². The SMILES string of the molecule is OC(CNCC1Cc2ccccc2S1)C(F)(F)F. The zero-order chi connectivity index (χ0) is 13.2. The monoisotopic (exact) mass is 277 g/mol. The fraction of sp³-hybridized carbons (Fsp3) is 0.500. The summed E-state index contributed by atoms with van der Waals surface area (Å²) >= 11 is 1.67.